The van der Waals surface area contributed by atoms with Crippen LogP contribution in [0.2, 0.25) is 0 Å². The largest absolute Gasteiger partial charge is 0.480 e. The summed E-state index contributed by atoms with van der Waals surface area (Å²) in [5, 5.41) is 18.7. The minimum atomic E-state index is -1.06. The summed E-state index contributed by atoms with van der Waals surface area (Å²) < 4.78 is 5.25. The predicted octanol–water partition coefficient (Wildman–Crippen LogP) is -0.263. The van der Waals surface area contributed by atoms with E-state index in [1.807, 2.05) is 0 Å². The first kappa shape index (κ1) is 14.1. The number of hydrogen-bond donors (Lipinski definition) is 2. The van der Waals surface area contributed by atoms with Crippen LogP contribution >= 0.6 is 0 Å². The second-order valence-corrected chi connectivity index (χ2v) is 5.12. The molecule has 0 spiro atoms. The third kappa shape index (κ3) is 2.98. The molecule has 0 saturated carbocycles. The average molecular weight is 272 g/mol. The SMILES string of the molecule is COC1CCCN(C(=O)N2CC(O)CC2C(=O)O)C1. The molecule has 2 fully saturated rings. The number of aliphatic hydroxyl groups excluding tert-OH is 1. The highest BCUT2D eigenvalue weighted by Gasteiger charge is 2.41. The van der Waals surface area contributed by atoms with Crippen LogP contribution in [-0.2, 0) is 9.53 Å². The predicted molar refractivity (Wildman–Crippen MR) is 65.8 cm³/mol. The summed E-state index contributed by atoms with van der Waals surface area (Å²) in [7, 11) is 1.61. The number of hydrogen-bond acceptors (Lipinski definition) is 4. The molecule has 2 heterocycles. The maximum absolute atomic E-state index is 12.3. The Bertz CT molecular complexity index is 362. The summed E-state index contributed by atoms with van der Waals surface area (Å²) >= 11 is 0. The van der Waals surface area contributed by atoms with Gasteiger partial charge in [0.1, 0.15) is 6.04 Å². The van der Waals surface area contributed by atoms with Crippen molar-refractivity contribution in [1.29, 1.82) is 0 Å². The molecular formula is C12H20N2O5. The van der Waals surface area contributed by atoms with Crippen molar-refractivity contribution in [2.75, 3.05) is 26.7 Å². The Labute approximate surface area is 111 Å². The van der Waals surface area contributed by atoms with E-state index in [0.29, 0.717) is 13.1 Å². The number of methoxy groups -OCH3 is 1. The zero-order valence-electron chi connectivity index (χ0n) is 11.0. The van der Waals surface area contributed by atoms with Crippen molar-refractivity contribution in [2.24, 2.45) is 0 Å². The topological polar surface area (TPSA) is 90.3 Å². The molecule has 108 valence electrons. The van der Waals surface area contributed by atoms with Crippen molar-refractivity contribution in [3.8, 4) is 0 Å². The summed E-state index contributed by atoms with van der Waals surface area (Å²) in [5.74, 6) is -1.06. The van der Waals surface area contributed by atoms with E-state index in [9.17, 15) is 14.7 Å². The number of ether oxygens (including phenoxy) is 1. The molecule has 0 aliphatic carbocycles. The summed E-state index contributed by atoms with van der Waals surface area (Å²) in [6.45, 7) is 1.18. The lowest BCUT2D eigenvalue weighted by atomic mass is 10.1. The van der Waals surface area contributed by atoms with E-state index < -0.39 is 18.1 Å². The molecule has 2 aliphatic rings. The molecule has 3 atom stereocenters. The van der Waals surface area contributed by atoms with Gasteiger partial charge in [0, 0.05) is 33.2 Å². The van der Waals surface area contributed by atoms with Gasteiger partial charge in [-0.1, -0.05) is 0 Å². The van der Waals surface area contributed by atoms with Crippen LogP contribution in [0, 0.1) is 0 Å². The third-order valence-electron chi connectivity index (χ3n) is 3.79. The molecule has 0 aromatic rings. The van der Waals surface area contributed by atoms with Gasteiger partial charge in [-0.05, 0) is 12.8 Å². The van der Waals surface area contributed by atoms with Crippen molar-refractivity contribution in [3.63, 3.8) is 0 Å². The fourth-order valence-corrected chi connectivity index (χ4v) is 2.75. The molecule has 0 aromatic heterocycles. The second-order valence-electron chi connectivity index (χ2n) is 5.12. The number of nitrogens with zero attached hydrogens (tertiary/aromatic N) is 2. The molecule has 7 heteroatoms. The number of carboxylic acids is 1. The normalized spacial score (nSPS) is 31.6. The Morgan fingerprint density at radius 2 is 2.05 bits per heavy atom. The van der Waals surface area contributed by atoms with E-state index in [1.54, 1.807) is 12.0 Å². The summed E-state index contributed by atoms with van der Waals surface area (Å²) in [6.07, 6.45) is 1.10. The number of aliphatic hydroxyl groups is 1. The number of piperidine rings is 1. The molecule has 2 N–H and O–H groups in total. The lowest BCUT2D eigenvalue weighted by Gasteiger charge is -2.35. The molecule has 2 amide bonds. The van der Waals surface area contributed by atoms with Gasteiger partial charge < -0.3 is 24.7 Å². The van der Waals surface area contributed by atoms with Gasteiger partial charge in [-0.15, -0.1) is 0 Å². The number of aliphatic carboxylic acids is 1. The standard InChI is InChI=1S/C12H20N2O5/c1-19-9-3-2-4-13(7-9)12(18)14-6-8(15)5-10(14)11(16)17/h8-10,15H,2-7H2,1H3,(H,16,17). The fourth-order valence-electron chi connectivity index (χ4n) is 2.75. The van der Waals surface area contributed by atoms with E-state index in [0.717, 1.165) is 12.8 Å². The minimum Gasteiger partial charge on any atom is -0.480 e. The molecule has 2 saturated heterocycles. The van der Waals surface area contributed by atoms with Gasteiger partial charge in [0.2, 0.25) is 0 Å². The Balaban J connectivity index is 2.03. The lowest BCUT2D eigenvalue weighted by Crippen LogP contribution is -2.52. The maximum Gasteiger partial charge on any atom is 0.326 e. The van der Waals surface area contributed by atoms with Gasteiger partial charge in [-0.3, -0.25) is 0 Å². The molecule has 0 aromatic carbocycles. The number of carbonyl (C=O) groups excluding carboxylic acids is 1. The first-order chi connectivity index (χ1) is 9.02. The van der Waals surface area contributed by atoms with Gasteiger partial charge in [0.15, 0.2) is 0 Å². The Morgan fingerprint density at radius 1 is 1.32 bits per heavy atom. The lowest BCUT2D eigenvalue weighted by molar-refractivity contribution is -0.141. The summed E-state index contributed by atoms with van der Waals surface area (Å²) in [5.41, 5.74) is 0. The average Bonchev–Trinajstić information content (AvgIpc) is 2.80. The molecule has 19 heavy (non-hydrogen) atoms. The van der Waals surface area contributed by atoms with Crippen LogP contribution in [-0.4, -0.2) is 77.0 Å². The van der Waals surface area contributed by atoms with Crippen molar-refractivity contribution in [1.82, 2.24) is 9.80 Å². The van der Waals surface area contributed by atoms with Crippen molar-refractivity contribution >= 4 is 12.0 Å². The number of carboxylic acid groups (broad SMARTS) is 1. The maximum atomic E-state index is 12.3. The van der Waals surface area contributed by atoms with Gasteiger partial charge in [0.05, 0.1) is 12.2 Å². The highest BCUT2D eigenvalue weighted by Crippen LogP contribution is 2.22. The number of carbonyl (C=O) groups is 2. The van der Waals surface area contributed by atoms with Crippen molar-refractivity contribution in [2.45, 2.75) is 37.5 Å². The van der Waals surface area contributed by atoms with Crippen LogP contribution in [0.1, 0.15) is 19.3 Å². The number of β-amino-alcohol motifs (C(OH)–C–C–N with tert-alkyl or cyclic N) is 1. The molecule has 7 nitrogen and oxygen atoms in total. The Kier molecular flexibility index (Phi) is 4.26. The van der Waals surface area contributed by atoms with Gasteiger partial charge in [-0.25, -0.2) is 9.59 Å². The molecule has 0 bridgehead atoms. The number of urea groups is 1. The van der Waals surface area contributed by atoms with Gasteiger partial charge in [-0.2, -0.15) is 0 Å². The minimum absolute atomic E-state index is 0.00787. The first-order valence-corrected chi connectivity index (χ1v) is 6.52. The van der Waals surface area contributed by atoms with Crippen LogP contribution in [0.15, 0.2) is 0 Å². The molecule has 2 aliphatic heterocycles. The van der Waals surface area contributed by atoms with Crippen LogP contribution in [0.5, 0.6) is 0 Å². The van der Waals surface area contributed by atoms with Crippen LogP contribution in [0.25, 0.3) is 0 Å². The van der Waals surface area contributed by atoms with Crippen LogP contribution in [0.4, 0.5) is 4.79 Å². The van der Waals surface area contributed by atoms with E-state index in [-0.39, 0.29) is 25.1 Å². The third-order valence-corrected chi connectivity index (χ3v) is 3.79. The second kappa shape index (κ2) is 5.75. The van der Waals surface area contributed by atoms with Crippen LogP contribution < -0.4 is 0 Å². The molecule has 2 rings (SSSR count). The van der Waals surface area contributed by atoms with Crippen molar-refractivity contribution in [3.05, 3.63) is 0 Å². The van der Waals surface area contributed by atoms with Crippen molar-refractivity contribution < 1.29 is 24.5 Å². The fraction of sp³-hybridized carbons (Fsp3) is 0.833. The number of likely N-dealkylation sites (tertiary alicyclic amines) is 2. The van der Waals surface area contributed by atoms with E-state index in [2.05, 4.69) is 0 Å². The smallest absolute Gasteiger partial charge is 0.326 e. The molecule has 3 unspecified atom stereocenters. The quantitative estimate of drug-likeness (QED) is 0.722. The zero-order chi connectivity index (χ0) is 14.0. The zero-order valence-corrected chi connectivity index (χ0v) is 11.0. The molecular weight excluding hydrogens is 252 g/mol. The highest BCUT2D eigenvalue weighted by atomic mass is 16.5. The number of amides is 2. The summed E-state index contributed by atoms with van der Waals surface area (Å²) in [6, 6.07) is -1.24. The number of rotatable bonds is 2. The Morgan fingerprint density at radius 3 is 2.68 bits per heavy atom. The van der Waals surface area contributed by atoms with E-state index in [1.165, 1.54) is 4.90 Å². The monoisotopic (exact) mass is 272 g/mol. The van der Waals surface area contributed by atoms with E-state index in [4.69, 9.17) is 9.84 Å². The molecule has 0 radical (unpaired) electrons. The van der Waals surface area contributed by atoms with Crippen LogP contribution in [0.3, 0.4) is 0 Å². The van der Waals surface area contributed by atoms with Gasteiger partial charge in [0.25, 0.3) is 0 Å². The van der Waals surface area contributed by atoms with Gasteiger partial charge >= 0.3 is 12.0 Å². The highest BCUT2D eigenvalue weighted by molar-refractivity contribution is 5.83. The Hall–Kier alpha value is -1.34. The first-order valence-electron chi connectivity index (χ1n) is 6.52. The van der Waals surface area contributed by atoms with E-state index >= 15 is 0 Å². The summed E-state index contributed by atoms with van der Waals surface area (Å²) in [4.78, 5) is 26.3.